The van der Waals surface area contributed by atoms with E-state index in [0.29, 0.717) is 5.56 Å². The monoisotopic (exact) mass is 491 g/mol. The second-order valence-corrected chi connectivity index (χ2v) is 10.5. The molecule has 0 saturated heterocycles. The lowest BCUT2D eigenvalue weighted by molar-refractivity contribution is -0.158. The number of nitrogens with zero attached hydrogens (tertiary/aromatic N) is 1. The zero-order valence-electron chi connectivity index (χ0n) is 20.4. The molecule has 0 saturated carbocycles. The van der Waals surface area contributed by atoms with Gasteiger partial charge in [-0.2, -0.15) is 0 Å². The first kappa shape index (κ1) is 27.6. The molecule has 0 radical (unpaired) electrons. The molecule has 8 nitrogen and oxygen atoms in total. The van der Waals surface area contributed by atoms with Crippen molar-refractivity contribution in [2.24, 2.45) is 0 Å². The van der Waals surface area contributed by atoms with Crippen LogP contribution in [-0.4, -0.2) is 41.6 Å². The molecule has 2 rings (SSSR count). The van der Waals surface area contributed by atoms with E-state index in [1.165, 1.54) is 0 Å². The van der Waals surface area contributed by atoms with E-state index in [1.807, 2.05) is 36.4 Å². The summed E-state index contributed by atoms with van der Waals surface area (Å²) in [7, 11) is -4.16. The fourth-order valence-corrected chi connectivity index (χ4v) is 5.06. The molecule has 0 aliphatic heterocycles. The SMILES string of the molecule is CCOP(=O)(OCC)C(C(=O)OC(C)(C)C)N(Cc1ccccc1)C(=O)OCc1ccccc1. The van der Waals surface area contributed by atoms with Gasteiger partial charge in [-0.1, -0.05) is 60.7 Å². The van der Waals surface area contributed by atoms with E-state index in [4.69, 9.17) is 18.5 Å². The molecule has 34 heavy (non-hydrogen) atoms. The van der Waals surface area contributed by atoms with Gasteiger partial charge in [-0.15, -0.1) is 0 Å². The number of amides is 1. The summed E-state index contributed by atoms with van der Waals surface area (Å²) in [5, 5.41) is 0. The van der Waals surface area contributed by atoms with Gasteiger partial charge in [0, 0.05) is 0 Å². The summed E-state index contributed by atoms with van der Waals surface area (Å²) in [5.74, 6) is -2.56. The van der Waals surface area contributed by atoms with E-state index in [0.717, 1.165) is 10.5 Å². The number of rotatable bonds is 11. The summed E-state index contributed by atoms with van der Waals surface area (Å²) in [5.41, 5.74) is 0.569. The molecule has 0 aliphatic carbocycles. The largest absolute Gasteiger partial charge is 0.458 e. The smallest absolute Gasteiger partial charge is 0.411 e. The topological polar surface area (TPSA) is 91.4 Å². The number of benzene rings is 2. The van der Waals surface area contributed by atoms with Gasteiger partial charge >= 0.3 is 19.7 Å². The lowest BCUT2D eigenvalue weighted by Crippen LogP contribution is -2.47. The van der Waals surface area contributed by atoms with Crippen LogP contribution in [0.3, 0.4) is 0 Å². The van der Waals surface area contributed by atoms with Crippen LogP contribution in [0.4, 0.5) is 4.79 Å². The van der Waals surface area contributed by atoms with E-state index in [9.17, 15) is 14.2 Å². The molecule has 186 valence electrons. The van der Waals surface area contributed by atoms with Crippen molar-refractivity contribution >= 4 is 19.7 Å². The minimum Gasteiger partial charge on any atom is -0.458 e. The number of carbonyl (C=O) groups excluding carboxylic acids is 2. The molecule has 1 unspecified atom stereocenters. The summed E-state index contributed by atoms with van der Waals surface area (Å²) in [6.07, 6.45) is -0.844. The molecule has 0 bridgehead atoms. The second kappa shape index (κ2) is 12.7. The van der Waals surface area contributed by atoms with E-state index in [-0.39, 0.29) is 26.4 Å². The highest BCUT2D eigenvalue weighted by Crippen LogP contribution is 2.55. The van der Waals surface area contributed by atoms with Gasteiger partial charge in [-0.25, -0.2) is 9.59 Å². The molecule has 1 amide bonds. The average Bonchev–Trinajstić information content (AvgIpc) is 2.77. The maximum atomic E-state index is 13.9. The standard InChI is InChI=1S/C25H34NO7P/c1-6-31-34(29,32-7-2)22(23(27)33-25(3,4)5)26(18-20-14-10-8-11-15-20)24(28)30-19-21-16-12-9-13-17-21/h8-17,22H,6-7,18-19H2,1-5H3. The third kappa shape index (κ3) is 8.28. The third-order valence-electron chi connectivity index (χ3n) is 4.47. The Hall–Kier alpha value is -2.67. The van der Waals surface area contributed by atoms with E-state index in [2.05, 4.69) is 0 Å². The molecule has 0 N–H and O–H groups in total. The van der Waals surface area contributed by atoms with Crippen molar-refractivity contribution < 1.29 is 32.7 Å². The first-order valence-electron chi connectivity index (χ1n) is 11.2. The highest BCUT2D eigenvalue weighted by Gasteiger charge is 2.50. The minimum absolute atomic E-state index is 0.00875. The van der Waals surface area contributed by atoms with Crippen molar-refractivity contribution in [2.75, 3.05) is 13.2 Å². The molecule has 0 fully saturated rings. The number of esters is 1. The fraction of sp³-hybridized carbons (Fsp3) is 0.440. The zero-order valence-corrected chi connectivity index (χ0v) is 21.3. The van der Waals surface area contributed by atoms with Crippen LogP contribution in [0.2, 0.25) is 0 Å². The summed E-state index contributed by atoms with van der Waals surface area (Å²) >= 11 is 0. The lowest BCUT2D eigenvalue weighted by atomic mass is 10.2. The Bertz CT molecular complexity index is 950. The van der Waals surface area contributed by atoms with Crippen LogP contribution in [-0.2, 0) is 41.0 Å². The van der Waals surface area contributed by atoms with Crippen LogP contribution in [0.5, 0.6) is 0 Å². The fourth-order valence-electron chi connectivity index (χ4n) is 3.15. The molecule has 2 aromatic carbocycles. The van der Waals surface area contributed by atoms with Gasteiger partial charge < -0.3 is 18.5 Å². The Labute approximate surface area is 201 Å². The zero-order chi connectivity index (χ0) is 25.2. The van der Waals surface area contributed by atoms with Crippen molar-refractivity contribution in [3.05, 3.63) is 71.8 Å². The molecule has 0 heterocycles. The van der Waals surface area contributed by atoms with Crippen molar-refractivity contribution in [2.45, 2.75) is 59.2 Å². The predicted octanol–water partition coefficient (Wildman–Crippen LogP) is 5.76. The normalized spacial score (nSPS) is 12.6. The minimum atomic E-state index is -4.16. The van der Waals surface area contributed by atoms with Gasteiger partial charge in [0.05, 0.1) is 19.8 Å². The van der Waals surface area contributed by atoms with E-state index in [1.54, 1.807) is 58.9 Å². The number of hydrogen-bond acceptors (Lipinski definition) is 7. The highest BCUT2D eigenvalue weighted by atomic mass is 31.2. The Morgan fingerprint density at radius 2 is 1.38 bits per heavy atom. The number of hydrogen-bond donors (Lipinski definition) is 0. The molecule has 2 aromatic rings. The number of carbonyl (C=O) groups is 2. The van der Waals surface area contributed by atoms with Crippen LogP contribution >= 0.6 is 7.60 Å². The Kier molecular flexibility index (Phi) is 10.3. The van der Waals surface area contributed by atoms with Gasteiger partial charge in [-0.05, 0) is 45.7 Å². The number of ether oxygens (including phenoxy) is 2. The van der Waals surface area contributed by atoms with Gasteiger partial charge in [0.2, 0.25) is 5.78 Å². The van der Waals surface area contributed by atoms with E-state index >= 15 is 0 Å². The second-order valence-electron chi connectivity index (χ2n) is 8.44. The predicted molar refractivity (Wildman–Crippen MR) is 129 cm³/mol. The molecular weight excluding hydrogens is 457 g/mol. The van der Waals surface area contributed by atoms with E-state index < -0.39 is 31.0 Å². The summed E-state index contributed by atoms with van der Waals surface area (Å²) in [6, 6.07) is 18.1. The van der Waals surface area contributed by atoms with Crippen molar-refractivity contribution in [3.8, 4) is 0 Å². The Balaban J connectivity index is 2.49. The quantitative estimate of drug-likeness (QED) is 0.292. The molecular formula is C25H34NO7P. The summed E-state index contributed by atoms with van der Waals surface area (Å²) < 4.78 is 35.9. The van der Waals surface area contributed by atoms with Gasteiger partial charge in [-0.3, -0.25) is 9.46 Å². The molecule has 9 heteroatoms. The van der Waals surface area contributed by atoms with Gasteiger partial charge in [0.25, 0.3) is 0 Å². The molecule has 1 atom stereocenters. The molecule has 0 spiro atoms. The van der Waals surface area contributed by atoms with Crippen LogP contribution < -0.4 is 0 Å². The van der Waals surface area contributed by atoms with Crippen LogP contribution in [0.1, 0.15) is 45.7 Å². The highest BCUT2D eigenvalue weighted by molar-refractivity contribution is 7.55. The van der Waals surface area contributed by atoms with Crippen molar-refractivity contribution in [1.82, 2.24) is 4.90 Å². The average molecular weight is 492 g/mol. The first-order valence-corrected chi connectivity index (χ1v) is 12.8. The van der Waals surface area contributed by atoms with Crippen LogP contribution in [0.15, 0.2) is 60.7 Å². The van der Waals surface area contributed by atoms with Crippen LogP contribution in [0, 0.1) is 0 Å². The maximum absolute atomic E-state index is 13.9. The van der Waals surface area contributed by atoms with Gasteiger partial charge in [0.15, 0.2) is 0 Å². The van der Waals surface area contributed by atoms with Gasteiger partial charge in [0.1, 0.15) is 12.2 Å². The summed E-state index contributed by atoms with van der Waals surface area (Å²) in [4.78, 5) is 27.8. The molecule has 0 aliphatic rings. The van der Waals surface area contributed by atoms with Crippen molar-refractivity contribution in [1.29, 1.82) is 0 Å². The Morgan fingerprint density at radius 3 is 1.85 bits per heavy atom. The maximum Gasteiger partial charge on any atom is 0.411 e. The molecule has 0 aromatic heterocycles. The lowest BCUT2D eigenvalue weighted by Gasteiger charge is -2.35. The van der Waals surface area contributed by atoms with Crippen LogP contribution in [0.25, 0.3) is 0 Å². The summed E-state index contributed by atoms with van der Waals surface area (Å²) in [6.45, 7) is 8.24. The Morgan fingerprint density at radius 1 is 0.882 bits per heavy atom. The third-order valence-corrected chi connectivity index (χ3v) is 6.79. The van der Waals surface area contributed by atoms with Crippen molar-refractivity contribution in [3.63, 3.8) is 0 Å². The first-order chi connectivity index (χ1) is 16.1.